The highest BCUT2D eigenvalue weighted by Gasteiger charge is 2.38. The monoisotopic (exact) mass is 242 g/mol. The molecule has 0 spiro atoms. The molecule has 4 nitrogen and oxygen atoms in total. The van der Waals surface area contributed by atoms with Gasteiger partial charge in [0.15, 0.2) is 0 Å². The van der Waals surface area contributed by atoms with Gasteiger partial charge < -0.3 is 16.6 Å². The van der Waals surface area contributed by atoms with E-state index in [1.807, 2.05) is 6.07 Å². The van der Waals surface area contributed by atoms with Gasteiger partial charge in [-0.1, -0.05) is 48.5 Å². The summed E-state index contributed by atoms with van der Waals surface area (Å²) in [5.41, 5.74) is 10.9. The Kier molecular flexibility index (Phi) is 3.04. The van der Waals surface area contributed by atoms with Gasteiger partial charge >= 0.3 is 0 Å². The van der Waals surface area contributed by atoms with Crippen LogP contribution in [-0.4, -0.2) is 11.0 Å². The normalized spacial score (nSPS) is 13.8. The molecular weight excluding hydrogens is 228 g/mol. The van der Waals surface area contributed by atoms with Crippen molar-refractivity contribution in [3.8, 4) is 5.75 Å². The lowest BCUT2D eigenvalue weighted by Crippen LogP contribution is -2.50. The van der Waals surface area contributed by atoms with E-state index in [0.717, 1.165) is 0 Å². The van der Waals surface area contributed by atoms with Crippen LogP contribution in [0.1, 0.15) is 11.1 Å². The van der Waals surface area contributed by atoms with E-state index >= 15 is 0 Å². The zero-order valence-corrected chi connectivity index (χ0v) is 9.71. The highest BCUT2D eigenvalue weighted by molar-refractivity contribution is 5.90. The largest absolute Gasteiger partial charge is 0.508 e. The molecule has 0 aliphatic heterocycles. The molecule has 0 aliphatic carbocycles. The molecule has 18 heavy (non-hydrogen) atoms. The minimum absolute atomic E-state index is 0.0531. The summed E-state index contributed by atoms with van der Waals surface area (Å²) in [5, 5.41) is 9.87. The quantitative estimate of drug-likeness (QED) is 0.752. The van der Waals surface area contributed by atoms with Crippen molar-refractivity contribution in [2.75, 3.05) is 0 Å². The zero-order valence-electron chi connectivity index (χ0n) is 9.71. The Bertz CT molecular complexity index is 569. The minimum atomic E-state index is -1.54. The molecule has 5 N–H and O–H groups in total. The molecule has 0 heterocycles. The lowest BCUT2D eigenvalue weighted by atomic mass is 9.82. The number of primary amides is 1. The molecule has 1 unspecified atom stereocenters. The number of benzene rings is 2. The molecule has 1 amide bonds. The first-order chi connectivity index (χ1) is 8.56. The van der Waals surface area contributed by atoms with Crippen molar-refractivity contribution < 1.29 is 9.90 Å². The third kappa shape index (κ3) is 1.83. The van der Waals surface area contributed by atoms with E-state index in [4.69, 9.17) is 11.5 Å². The lowest BCUT2D eigenvalue weighted by molar-refractivity contribution is -0.122. The second-order valence-electron chi connectivity index (χ2n) is 4.06. The molecule has 2 aromatic carbocycles. The Hall–Kier alpha value is -2.33. The van der Waals surface area contributed by atoms with Gasteiger partial charge in [-0.15, -0.1) is 0 Å². The summed E-state index contributed by atoms with van der Waals surface area (Å²) in [6.07, 6.45) is 0. The minimum Gasteiger partial charge on any atom is -0.508 e. The molecule has 0 saturated heterocycles. The summed E-state index contributed by atoms with van der Waals surface area (Å²) in [5.74, 6) is -0.766. The number of hydrogen-bond acceptors (Lipinski definition) is 3. The van der Waals surface area contributed by atoms with E-state index in [0.29, 0.717) is 11.1 Å². The van der Waals surface area contributed by atoms with E-state index in [-0.39, 0.29) is 5.75 Å². The first-order valence-corrected chi connectivity index (χ1v) is 5.49. The van der Waals surface area contributed by atoms with Crippen LogP contribution in [0.4, 0.5) is 0 Å². The van der Waals surface area contributed by atoms with Crippen molar-refractivity contribution in [1.82, 2.24) is 0 Å². The van der Waals surface area contributed by atoms with Gasteiger partial charge in [0.25, 0.3) is 0 Å². The maximum absolute atomic E-state index is 11.8. The standard InChI is InChI=1S/C14H14N2O2/c15-13(18)14(16,10-6-2-1-3-7-10)11-8-4-5-9-12(11)17/h1-9,17H,16H2,(H2,15,18). The van der Waals surface area contributed by atoms with Crippen LogP contribution in [-0.2, 0) is 10.3 Å². The summed E-state index contributed by atoms with van der Waals surface area (Å²) in [4.78, 5) is 11.8. The van der Waals surface area contributed by atoms with E-state index in [9.17, 15) is 9.90 Å². The average Bonchev–Trinajstić information content (AvgIpc) is 2.39. The van der Waals surface area contributed by atoms with Gasteiger partial charge in [0.05, 0.1) is 0 Å². The van der Waals surface area contributed by atoms with Crippen LogP contribution in [0, 0.1) is 0 Å². The third-order valence-electron chi connectivity index (χ3n) is 2.95. The SMILES string of the molecule is NC(=O)C(N)(c1ccccc1)c1ccccc1O. The zero-order chi connectivity index (χ0) is 13.2. The number of nitrogens with two attached hydrogens (primary N) is 2. The Morgan fingerprint density at radius 1 is 1.00 bits per heavy atom. The van der Waals surface area contributed by atoms with Crippen LogP contribution in [0.15, 0.2) is 54.6 Å². The smallest absolute Gasteiger partial charge is 0.246 e. The fraction of sp³-hybridized carbons (Fsp3) is 0.0714. The summed E-state index contributed by atoms with van der Waals surface area (Å²) in [7, 11) is 0. The predicted molar refractivity (Wildman–Crippen MR) is 68.7 cm³/mol. The van der Waals surface area contributed by atoms with Crippen molar-refractivity contribution in [2.24, 2.45) is 11.5 Å². The van der Waals surface area contributed by atoms with Crippen molar-refractivity contribution in [1.29, 1.82) is 0 Å². The summed E-state index contributed by atoms with van der Waals surface area (Å²) >= 11 is 0. The van der Waals surface area contributed by atoms with Crippen molar-refractivity contribution in [3.63, 3.8) is 0 Å². The summed E-state index contributed by atoms with van der Waals surface area (Å²) < 4.78 is 0. The number of carbonyl (C=O) groups is 1. The topological polar surface area (TPSA) is 89.3 Å². The van der Waals surface area contributed by atoms with Gasteiger partial charge in [0, 0.05) is 5.56 Å². The predicted octanol–water partition coefficient (Wildman–Crippen LogP) is 1.08. The number of phenols is 1. The van der Waals surface area contributed by atoms with Gasteiger partial charge in [0.2, 0.25) is 5.91 Å². The summed E-state index contributed by atoms with van der Waals surface area (Å²) in [6, 6.07) is 15.2. The number of hydrogen-bond donors (Lipinski definition) is 3. The van der Waals surface area contributed by atoms with Gasteiger partial charge in [-0.25, -0.2) is 0 Å². The van der Waals surface area contributed by atoms with E-state index in [2.05, 4.69) is 0 Å². The van der Waals surface area contributed by atoms with Gasteiger partial charge in [0.1, 0.15) is 11.3 Å². The number of carbonyl (C=O) groups excluding carboxylic acids is 1. The highest BCUT2D eigenvalue weighted by atomic mass is 16.3. The maximum atomic E-state index is 11.8. The highest BCUT2D eigenvalue weighted by Crippen LogP contribution is 2.32. The van der Waals surface area contributed by atoms with Crippen molar-refractivity contribution in [3.05, 3.63) is 65.7 Å². The summed E-state index contributed by atoms with van der Waals surface area (Å²) in [6.45, 7) is 0. The van der Waals surface area contributed by atoms with Crippen LogP contribution in [0.3, 0.4) is 0 Å². The van der Waals surface area contributed by atoms with Crippen molar-refractivity contribution >= 4 is 5.91 Å². The molecule has 2 aromatic rings. The molecule has 0 aromatic heterocycles. The number of rotatable bonds is 3. The van der Waals surface area contributed by atoms with Crippen LogP contribution in [0.25, 0.3) is 0 Å². The van der Waals surface area contributed by atoms with Crippen LogP contribution in [0.2, 0.25) is 0 Å². The van der Waals surface area contributed by atoms with Gasteiger partial charge in [-0.05, 0) is 11.6 Å². The molecule has 92 valence electrons. The van der Waals surface area contributed by atoms with E-state index < -0.39 is 11.4 Å². The molecular formula is C14H14N2O2. The second-order valence-corrected chi connectivity index (χ2v) is 4.06. The van der Waals surface area contributed by atoms with Crippen LogP contribution in [0.5, 0.6) is 5.75 Å². The van der Waals surface area contributed by atoms with Crippen molar-refractivity contribution in [2.45, 2.75) is 5.54 Å². The first-order valence-electron chi connectivity index (χ1n) is 5.49. The molecule has 0 saturated carbocycles. The lowest BCUT2D eigenvalue weighted by Gasteiger charge is -2.27. The Morgan fingerprint density at radius 3 is 2.11 bits per heavy atom. The number of aromatic hydroxyl groups is 1. The molecule has 0 bridgehead atoms. The molecule has 2 rings (SSSR count). The van der Waals surface area contributed by atoms with Gasteiger partial charge in [-0.2, -0.15) is 0 Å². The molecule has 0 radical (unpaired) electrons. The van der Waals surface area contributed by atoms with Gasteiger partial charge in [-0.3, -0.25) is 4.79 Å². The molecule has 1 atom stereocenters. The van der Waals surface area contributed by atoms with E-state index in [1.54, 1.807) is 42.5 Å². The fourth-order valence-corrected chi connectivity index (χ4v) is 1.94. The Balaban J connectivity index is 2.67. The van der Waals surface area contributed by atoms with E-state index in [1.165, 1.54) is 6.07 Å². The number of phenolic OH excluding ortho intramolecular Hbond substituents is 1. The maximum Gasteiger partial charge on any atom is 0.246 e. The molecule has 4 heteroatoms. The average molecular weight is 242 g/mol. The molecule has 0 fully saturated rings. The third-order valence-corrected chi connectivity index (χ3v) is 2.95. The van der Waals surface area contributed by atoms with Crippen LogP contribution < -0.4 is 11.5 Å². The Labute approximate surface area is 105 Å². The fourth-order valence-electron chi connectivity index (χ4n) is 1.94. The first kappa shape index (κ1) is 12.1. The number of amides is 1. The second kappa shape index (κ2) is 4.50. The van der Waals surface area contributed by atoms with Crippen LogP contribution >= 0.6 is 0 Å². The molecule has 0 aliphatic rings. The Morgan fingerprint density at radius 2 is 1.56 bits per heavy atom. The number of para-hydroxylation sites is 1.